The fourth-order valence-electron chi connectivity index (χ4n) is 5.02. The quantitative estimate of drug-likeness (QED) is 0.130. The van der Waals surface area contributed by atoms with Crippen LogP contribution in [0, 0.1) is 0 Å². The number of carbonyl (C=O) groups is 1. The number of ether oxygens (including phenoxy) is 1. The minimum atomic E-state index is -4.42. The molecular weight excluding hydrogens is 543 g/mol. The molecule has 1 aliphatic heterocycles. The van der Waals surface area contributed by atoms with Crippen molar-refractivity contribution >= 4 is 28.0 Å². The van der Waals surface area contributed by atoms with Crippen molar-refractivity contribution in [1.29, 1.82) is 0 Å². The van der Waals surface area contributed by atoms with Crippen LogP contribution < -0.4 is 10.1 Å². The van der Waals surface area contributed by atoms with Crippen molar-refractivity contribution in [3.63, 3.8) is 0 Å². The maximum atomic E-state index is 13.9. The number of aromatic nitrogens is 3. The van der Waals surface area contributed by atoms with E-state index in [2.05, 4.69) is 20.5 Å². The van der Waals surface area contributed by atoms with Crippen LogP contribution in [0.5, 0.6) is 5.88 Å². The number of H-pyrrole nitrogens is 1. The summed E-state index contributed by atoms with van der Waals surface area (Å²) in [4.78, 5) is 18.3. The van der Waals surface area contributed by atoms with Crippen LogP contribution in [0.2, 0.25) is 0 Å². The van der Waals surface area contributed by atoms with Crippen LogP contribution in [0.3, 0.4) is 0 Å². The lowest BCUT2D eigenvalue weighted by Gasteiger charge is -2.19. The molecule has 42 heavy (non-hydrogen) atoms. The largest absolute Gasteiger partial charge is 0.476 e. The Morgan fingerprint density at radius 1 is 1.00 bits per heavy atom. The molecule has 2 N–H and O–H groups in total. The number of aromatic amines is 1. The van der Waals surface area contributed by atoms with E-state index in [-0.39, 0.29) is 11.5 Å². The van der Waals surface area contributed by atoms with Crippen LogP contribution in [0.25, 0.3) is 22.0 Å². The molecule has 4 aromatic rings. The van der Waals surface area contributed by atoms with Crippen LogP contribution in [-0.2, 0) is 4.79 Å². The molecule has 0 atom stereocenters. The second-order valence-electron chi connectivity index (χ2n) is 10.1. The van der Waals surface area contributed by atoms with Gasteiger partial charge in [0.15, 0.2) is 0 Å². The summed E-state index contributed by atoms with van der Waals surface area (Å²) in [6.45, 7) is 3.05. The summed E-state index contributed by atoms with van der Waals surface area (Å²) in [6.07, 6.45) is 3.19. The van der Waals surface area contributed by atoms with Gasteiger partial charge < -0.3 is 15.0 Å². The highest BCUT2D eigenvalue weighted by Crippen LogP contribution is 2.39. The monoisotopic (exact) mass is 575 g/mol. The van der Waals surface area contributed by atoms with Gasteiger partial charge in [0.25, 0.3) is 0 Å². The molecule has 3 heterocycles. The fourth-order valence-corrected chi connectivity index (χ4v) is 5.02. The minimum absolute atomic E-state index is 0.0404. The molecule has 218 valence electrons. The molecule has 1 saturated heterocycles. The Labute approximate surface area is 242 Å². The summed E-state index contributed by atoms with van der Waals surface area (Å²) in [5, 5.41) is 10.9. The van der Waals surface area contributed by atoms with Gasteiger partial charge in [-0.1, -0.05) is 42.5 Å². The van der Waals surface area contributed by atoms with Crippen molar-refractivity contribution in [3.05, 3.63) is 102 Å². The number of nitrogens with one attached hydrogen (secondary N) is 2. The maximum absolute atomic E-state index is 13.9. The van der Waals surface area contributed by atoms with Gasteiger partial charge in [0, 0.05) is 55.5 Å². The molecule has 0 aliphatic carbocycles. The third kappa shape index (κ3) is 7.64. The molecule has 0 radical (unpaired) electrons. The third-order valence-electron chi connectivity index (χ3n) is 7.02. The molecule has 1 amide bonds. The molecule has 1 fully saturated rings. The van der Waals surface area contributed by atoms with Gasteiger partial charge in [-0.3, -0.25) is 9.89 Å². The van der Waals surface area contributed by atoms with Gasteiger partial charge in [-0.2, -0.15) is 18.3 Å². The van der Waals surface area contributed by atoms with E-state index in [1.54, 1.807) is 73.1 Å². The van der Waals surface area contributed by atoms with Crippen LogP contribution >= 0.6 is 0 Å². The highest BCUT2D eigenvalue weighted by atomic mass is 19.4. The number of allylic oxidation sites excluding steroid dienone is 1. The molecule has 0 unspecified atom stereocenters. The zero-order chi connectivity index (χ0) is 29.4. The first-order chi connectivity index (χ1) is 20.4. The second-order valence-corrected chi connectivity index (χ2v) is 10.1. The number of likely N-dealkylation sites (tertiary alicyclic amines) is 1. The van der Waals surface area contributed by atoms with Gasteiger partial charge in [0.2, 0.25) is 11.8 Å². The zero-order valence-electron chi connectivity index (χ0n) is 23.0. The highest BCUT2D eigenvalue weighted by Gasteiger charge is 2.31. The molecular formula is C32H32F3N5O2. The van der Waals surface area contributed by atoms with Gasteiger partial charge in [-0.05, 0) is 53.3 Å². The Morgan fingerprint density at radius 3 is 2.52 bits per heavy atom. The first kappa shape index (κ1) is 29.1. The summed E-state index contributed by atoms with van der Waals surface area (Å²) < 4.78 is 47.4. The number of hydrogen-bond donors (Lipinski definition) is 2. The maximum Gasteiger partial charge on any atom is 0.393 e. The Bertz CT molecular complexity index is 1540. The SMILES string of the molecule is O=C(/C=C/CNCCOc1ccc(/C(=C(/CC(F)(F)F)c2ccccc2)c2ccc3[nH]ncc3c2)cn1)N1CCCC1. The summed E-state index contributed by atoms with van der Waals surface area (Å²) in [5.41, 5.74) is 3.04. The van der Waals surface area contributed by atoms with Crippen LogP contribution in [0.15, 0.2) is 85.2 Å². The molecule has 0 bridgehead atoms. The predicted molar refractivity (Wildman–Crippen MR) is 157 cm³/mol. The number of benzene rings is 2. The smallest absolute Gasteiger partial charge is 0.393 e. The van der Waals surface area contributed by atoms with Crippen molar-refractivity contribution in [2.75, 3.05) is 32.8 Å². The number of nitrogens with zero attached hydrogens (tertiary/aromatic N) is 3. The lowest BCUT2D eigenvalue weighted by molar-refractivity contribution is -0.125. The van der Waals surface area contributed by atoms with Gasteiger partial charge >= 0.3 is 6.18 Å². The Kier molecular flexibility index (Phi) is 9.33. The molecule has 10 heteroatoms. The van der Waals surface area contributed by atoms with Gasteiger partial charge in [-0.15, -0.1) is 0 Å². The lowest BCUT2D eigenvalue weighted by Crippen LogP contribution is -2.26. The van der Waals surface area contributed by atoms with Crippen LogP contribution in [0.4, 0.5) is 13.2 Å². The van der Waals surface area contributed by atoms with Crippen LogP contribution in [0.1, 0.15) is 36.0 Å². The fraction of sp³-hybridized carbons (Fsp3) is 0.281. The van der Waals surface area contributed by atoms with Crippen molar-refractivity contribution in [3.8, 4) is 5.88 Å². The summed E-state index contributed by atoms with van der Waals surface area (Å²) in [7, 11) is 0. The van der Waals surface area contributed by atoms with E-state index in [0.29, 0.717) is 47.8 Å². The van der Waals surface area contributed by atoms with Gasteiger partial charge in [0.1, 0.15) is 6.61 Å². The average Bonchev–Trinajstić information content (AvgIpc) is 3.69. The number of halogens is 3. The number of carbonyl (C=O) groups excluding carboxylic acids is 1. The molecule has 2 aromatic heterocycles. The second kappa shape index (κ2) is 13.5. The number of pyridine rings is 1. The molecule has 0 spiro atoms. The van der Waals surface area contributed by atoms with Gasteiger partial charge in [0.05, 0.1) is 18.1 Å². The van der Waals surface area contributed by atoms with Crippen LogP contribution in [-0.4, -0.2) is 65.0 Å². The molecule has 5 rings (SSSR count). The highest BCUT2D eigenvalue weighted by molar-refractivity contribution is 6.00. The topological polar surface area (TPSA) is 83.1 Å². The Hall–Kier alpha value is -4.44. The van der Waals surface area contributed by atoms with E-state index in [9.17, 15) is 18.0 Å². The first-order valence-corrected chi connectivity index (χ1v) is 13.9. The standard InChI is InChI=1S/C32H32F3N5O2/c33-32(34,35)20-27(23-7-2-1-3-8-23)31(24-10-12-28-26(19-24)22-38-39-28)25-11-13-29(37-21-25)42-18-15-36-14-6-9-30(41)40-16-4-5-17-40/h1-3,6-13,19,21-22,36H,4-5,14-18,20H2,(H,38,39)/b9-6+,31-27-. The van der Waals surface area contributed by atoms with Gasteiger partial charge in [-0.25, -0.2) is 4.98 Å². The minimum Gasteiger partial charge on any atom is -0.476 e. The normalized spacial score (nSPS) is 14.5. The molecule has 7 nitrogen and oxygen atoms in total. The predicted octanol–water partition coefficient (Wildman–Crippen LogP) is 6.02. The van der Waals surface area contributed by atoms with Crippen molar-refractivity contribution in [2.45, 2.75) is 25.4 Å². The van der Waals surface area contributed by atoms with E-state index in [1.165, 1.54) is 0 Å². The zero-order valence-corrected chi connectivity index (χ0v) is 23.0. The summed E-state index contributed by atoms with van der Waals surface area (Å²) >= 11 is 0. The van der Waals surface area contributed by atoms with Crippen molar-refractivity contribution in [1.82, 2.24) is 25.4 Å². The van der Waals surface area contributed by atoms with E-state index >= 15 is 0 Å². The number of amides is 1. The summed E-state index contributed by atoms with van der Waals surface area (Å²) in [6, 6.07) is 17.4. The Balaban J connectivity index is 1.31. The number of fused-ring (bicyclic) bond motifs is 1. The molecule has 2 aromatic carbocycles. The number of hydrogen-bond acceptors (Lipinski definition) is 5. The van der Waals surface area contributed by atoms with E-state index in [0.717, 1.165) is 36.8 Å². The van der Waals surface area contributed by atoms with Crippen molar-refractivity contribution in [2.24, 2.45) is 0 Å². The average molecular weight is 576 g/mol. The summed E-state index contributed by atoms with van der Waals surface area (Å²) in [5.74, 6) is 0.403. The molecule has 0 saturated carbocycles. The number of rotatable bonds is 11. The van der Waals surface area contributed by atoms with E-state index in [4.69, 9.17) is 4.74 Å². The first-order valence-electron chi connectivity index (χ1n) is 13.9. The van der Waals surface area contributed by atoms with Crippen molar-refractivity contribution < 1.29 is 22.7 Å². The third-order valence-corrected chi connectivity index (χ3v) is 7.02. The lowest BCUT2D eigenvalue weighted by atomic mass is 9.88. The van der Waals surface area contributed by atoms with E-state index in [1.807, 2.05) is 17.0 Å². The Morgan fingerprint density at radius 2 is 1.79 bits per heavy atom. The number of alkyl halides is 3. The van der Waals surface area contributed by atoms with E-state index < -0.39 is 12.6 Å². The molecule has 1 aliphatic rings.